The van der Waals surface area contributed by atoms with Gasteiger partial charge in [0.2, 0.25) is 0 Å². The molecule has 0 fully saturated rings. The number of esters is 1. The van der Waals surface area contributed by atoms with Crippen molar-refractivity contribution in [3.63, 3.8) is 0 Å². The number of fused-ring (bicyclic) bond motifs is 1. The van der Waals surface area contributed by atoms with Crippen LogP contribution in [0.5, 0.6) is 0 Å². The summed E-state index contributed by atoms with van der Waals surface area (Å²) in [6.45, 7) is 2.68. The lowest BCUT2D eigenvalue weighted by Gasteiger charge is -2.13. The average Bonchev–Trinajstić information content (AvgIpc) is 2.68. The van der Waals surface area contributed by atoms with Gasteiger partial charge in [-0.15, -0.1) is 0 Å². The van der Waals surface area contributed by atoms with E-state index in [0.717, 1.165) is 19.6 Å². The van der Waals surface area contributed by atoms with Crippen molar-refractivity contribution in [2.45, 2.75) is 19.5 Å². The molecule has 0 spiro atoms. The zero-order valence-corrected chi connectivity index (χ0v) is 8.90. The Morgan fingerprint density at radius 3 is 2.47 bits per heavy atom. The van der Waals surface area contributed by atoms with Gasteiger partial charge >= 0.3 is 5.97 Å². The summed E-state index contributed by atoms with van der Waals surface area (Å²) in [5, 5.41) is 0. The lowest BCUT2D eigenvalue weighted by atomic mass is 10.1. The molecule has 0 radical (unpaired) electrons. The molecule has 0 atom stereocenters. The van der Waals surface area contributed by atoms with E-state index >= 15 is 0 Å². The van der Waals surface area contributed by atoms with Crippen molar-refractivity contribution in [2.24, 2.45) is 0 Å². The highest BCUT2D eigenvalue weighted by molar-refractivity contribution is 5.69. The number of hydrogen-bond donors (Lipinski definition) is 0. The number of rotatable bonds is 3. The molecule has 3 nitrogen and oxygen atoms in total. The minimum atomic E-state index is -0.133. The Hall–Kier alpha value is -1.35. The van der Waals surface area contributed by atoms with Gasteiger partial charge in [0.1, 0.15) is 0 Å². The highest BCUT2D eigenvalue weighted by Crippen LogP contribution is 2.21. The fourth-order valence-corrected chi connectivity index (χ4v) is 1.91. The van der Waals surface area contributed by atoms with E-state index in [1.54, 1.807) is 0 Å². The lowest BCUT2D eigenvalue weighted by Crippen LogP contribution is -2.20. The molecule has 1 heterocycles. The maximum absolute atomic E-state index is 11.0. The minimum absolute atomic E-state index is 0.133. The second kappa shape index (κ2) is 4.45. The Balaban J connectivity index is 1.88. The van der Waals surface area contributed by atoms with Crippen LogP contribution < -0.4 is 0 Å². The Labute approximate surface area is 89.7 Å². The van der Waals surface area contributed by atoms with Crippen LogP contribution >= 0.6 is 0 Å². The molecule has 0 saturated heterocycles. The Bertz CT molecular complexity index is 337. The topological polar surface area (TPSA) is 29.5 Å². The van der Waals surface area contributed by atoms with Gasteiger partial charge in [0.15, 0.2) is 0 Å². The molecule has 1 aliphatic rings. The van der Waals surface area contributed by atoms with Crippen molar-refractivity contribution in [2.75, 3.05) is 13.7 Å². The molecule has 1 aromatic rings. The third-order valence-electron chi connectivity index (χ3n) is 2.77. The van der Waals surface area contributed by atoms with Crippen LogP contribution in [0.1, 0.15) is 17.5 Å². The third kappa shape index (κ3) is 2.36. The minimum Gasteiger partial charge on any atom is -0.469 e. The van der Waals surface area contributed by atoms with Gasteiger partial charge in [0.05, 0.1) is 13.5 Å². The first-order valence-electron chi connectivity index (χ1n) is 5.15. The molecule has 80 valence electrons. The van der Waals surface area contributed by atoms with Gasteiger partial charge in [-0.05, 0) is 11.1 Å². The number of ether oxygens (including phenoxy) is 1. The van der Waals surface area contributed by atoms with E-state index in [0.29, 0.717) is 6.42 Å². The van der Waals surface area contributed by atoms with E-state index in [1.807, 2.05) is 0 Å². The number of nitrogens with zero attached hydrogens (tertiary/aromatic N) is 1. The fraction of sp³-hybridized carbons (Fsp3) is 0.417. The van der Waals surface area contributed by atoms with Crippen LogP contribution in [0.4, 0.5) is 0 Å². The molecule has 0 amide bonds. The molecule has 0 bridgehead atoms. The first kappa shape index (κ1) is 10.2. The summed E-state index contributed by atoms with van der Waals surface area (Å²) in [7, 11) is 1.43. The molecule has 3 heteroatoms. The number of carbonyl (C=O) groups is 1. The first-order chi connectivity index (χ1) is 7.29. The van der Waals surface area contributed by atoms with Crippen LogP contribution in [0.25, 0.3) is 0 Å². The SMILES string of the molecule is COC(=O)CCN1Cc2ccccc2C1. The fourth-order valence-electron chi connectivity index (χ4n) is 1.91. The first-order valence-corrected chi connectivity index (χ1v) is 5.15. The van der Waals surface area contributed by atoms with Gasteiger partial charge in [-0.2, -0.15) is 0 Å². The van der Waals surface area contributed by atoms with Crippen molar-refractivity contribution < 1.29 is 9.53 Å². The summed E-state index contributed by atoms with van der Waals surface area (Å²) in [5.41, 5.74) is 2.75. The number of methoxy groups -OCH3 is 1. The van der Waals surface area contributed by atoms with E-state index in [9.17, 15) is 4.79 Å². The van der Waals surface area contributed by atoms with Crippen LogP contribution in [0.15, 0.2) is 24.3 Å². The van der Waals surface area contributed by atoms with Crippen molar-refractivity contribution in [1.82, 2.24) is 4.90 Å². The smallest absolute Gasteiger partial charge is 0.306 e. The van der Waals surface area contributed by atoms with Gasteiger partial charge in [-0.3, -0.25) is 9.69 Å². The average molecular weight is 205 g/mol. The van der Waals surface area contributed by atoms with Crippen LogP contribution in [0.3, 0.4) is 0 Å². The molecule has 0 N–H and O–H groups in total. The molecule has 0 aromatic heterocycles. The highest BCUT2D eigenvalue weighted by atomic mass is 16.5. The molecule has 1 aromatic carbocycles. The van der Waals surface area contributed by atoms with E-state index in [-0.39, 0.29) is 5.97 Å². The number of carbonyl (C=O) groups excluding carboxylic acids is 1. The Morgan fingerprint density at radius 2 is 1.93 bits per heavy atom. The zero-order valence-electron chi connectivity index (χ0n) is 8.90. The molecular formula is C12H15NO2. The monoisotopic (exact) mass is 205 g/mol. The summed E-state index contributed by atoms with van der Waals surface area (Å²) < 4.78 is 4.62. The Kier molecular flexibility index (Phi) is 3.02. The normalized spacial score (nSPS) is 15.0. The maximum atomic E-state index is 11.0. The van der Waals surface area contributed by atoms with E-state index < -0.39 is 0 Å². The molecular weight excluding hydrogens is 190 g/mol. The second-order valence-electron chi connectivity index (χ2n) is 3.81. The van der Waals surface area contributed by atoms with Gasteiger partial charge < -0.3 is 4.74 Å². The summed E-state index contributed by atoms with van der Waals surface area (Å²) in [5.74, 6) is -0.133. The summed E-state index contributed by atoms with van der Waals surface area (Å²) in [6, 6.07) is 8.41. The molecule has 0 saturated carbocycles. The standard InChI is InChI=1S/C12H15NO2/c1-15-12(14)6-7-13-8-10-4-2-3-5-11(10)9-13/h2-5H,6-9H2,1H3. The summed E-state index contributed by atoms with van der Waals surface area (Å²) in [6.07, 6.45) is 0.477. The second-order valence-corrected chi connectivity index (χ2v) is 3.81. The van der Waals surface area contributed by atoms with Gasteiger partial charge in [-0.1, -0.05) is 24.3 Å². The summed E-state index contributed by atoms with van der Waals surface area (Å²) in [4.78, 5) is 13.3. The van der Waals surface area contributed by atoms with Crippen LogP contribution in [-0.2, 0) is 22.6 Å². The van der Waals surface area contributed by atoms with Crippen molar-refractivity contribution in [1.29, 1.82) is 0 Å². The van der Waals surface area contributed by atoms with Crippen LogP contribution in [0, 0.1) is 0 Å². The molecule has 15 heavy (non-hydrogen) atoms. The van der Waals surface area contributed by atoms with Crippen molar-refractivity contribution >= 4 is 5.97 Å². The van der Waals surface area contributed by atoms with E-state index in [1.165, 1.54) is 18.2 Å². The predicted octanol–water partition coefficient (Wildman–Crippen LogP) is 1.57. The molecule has 0 unspecified atom stereocenters. The third-order valence-corrected chi connectivity index (χ3v) is 2.77. The predicted molar refractivity (Wildman–Crippen MR) is 57.2 cm³/mol. The van der Waals surface area contributed by atoms with Crippen molar-refractivity contribution in [3.8, 4) is 0 Å². The van der Waals surface area contributed by atoms with E-state index in [2.05, 4.69) is 33.9 Å². The zero-order chi connectivity index (χ0) is 10.7. The maximum Gasteiger partial charge on any atom is 0.306 e. The Morgan fingerprint density at radius 1 is 1.33 bits per heavy atom. The van der Waals surface area contributed by atoms with Gasteiger partial charge in [-0.25, -0.2) is 0 Å². The van der Waals surface area contributed by atoms with Crippen LogP contribution in [-0.4, -0.2) is 24.5 Å². The molecule has 2 rings (SSSR count). The molecule has 1 aliphatic heterocycles. The van der Waals surface area contributed by atoms with Crippen LogP contribution in [0.2, 0.25) is 0 Å². The number of hydrogen-bond acceptors (Lipinski definition) is 3. The summed E-state index contributed by atoms with van der Waals surface area (Å²) >= 11 is 0. The molecule has 0 aliphatic carbocycles. The quantitative estimate of drug-likeness (QED) is 0.701. The van der Waals surface area contributed by atoms with Gasteiger partial charge in [0, 0.05) is 19.6 Å². The lowest BCUT2D eigenvalue weighted by molar-refractivity contribution is -0.141. The highest BCUT2D eigenvalue weighted by Gasteiger charge is 2.18. The largest absolute Gasteiger partial charge is 0.469 e. The van der Waals surface area contributed by atoms with E-state index in [4.69, 9.17) is 0 Å². The van der Waals surface area contributed by atoms with Crippen molar-refractivity contribution in [3.05, 3.63) is 35.4 Å². The number of benzene rings is 1. The van der Waals surface area contributed by atoms with Gasteiger partial charge in [0.25, 0.3) is 0 Å².